The highest BCUT2D eigenvalue weighted by Gasteiger charge is 2.16. The molecule has 0 bridgehead atoms. The predicted molar refractivity (Wildman–Crippen MR) is 192 cm³/mol. The molecule has 206 valence electrons. The second kappa shape index (κ2) is 10.1. The van der Waals surface area contributed by atoms with Crippen LogP contribution in [-0.2, 0) is 0 Å². The minimum Gasteiger partial charge on any atom is -0.310 e. The first-order chi connectivity index (χ1) is 21.8. The average molecular weight is 578 g/mol. The van der Waals surface area contributed by atoms with Gasteiger partial charge in [0.05, 0.1) is 0 Å². The van der Waals surface area contributed by atoms with E-state index in [1.807, 2.05) is 11.3 Å². The van der Waals surface area contributed by atoms with Gasteiger partial charge in [-0.25, -0.2) is 0 Å². The molecule has 1 heterocycles. The molecule has 0 N–H and O–H groups in total. The lowest BCUT2D eigenvalue weighted by molar-refractivity contribution is 1.29. The summed E-state index contributed by atoms with van der Waals surface area (Å²) in [6, 6.07) is 59.8. The Morgan fingerprint density at radius 2 is 0.932 bits per heavy atom. The quantitative estimate of drug-likeness (QED) is 0.188. The van der Waals surface area contributed by atoms with E-state index in [1.165, 1.54) is 63.6 Å². The largest absolute Gasteiger partial charge is 0.310 e. The summed E-state index contributed by atoms with van der Waals surface area (Å²) in [6.45, 7) is 0. The van der Waals surface area contributed by atoms with Crippen molar-refractivity contribution < 1.29 is 0 Å². The summed E-state index contributed by atoms with van der Waals surface area (Å²) in [5.74, 6) is 0. The predicted octanol–water partition coefficient (Wildman–Crippen LogP) is 12.7. The molecule has 8 aromatic carbocycles. The van der Waals surface area contributed by atoms with Gasteiger partial charge in [-0.2, -0.15) is 0 Å². The van der Waals surface area contributed by atoms with Crippen LogP contribution in [0.1, 0.15) is 0 Å². The van der Waals surface area contributed by atoms with Gasteiger partial charge in [0.25, 0.3) is 0 Å². The number of hydrogen-bond donors (Lipinski definition) is 0. The first-order valence-electron chi connectivity index (χ1n) is 15.0. The number of thiophene rings is 1. The Labute approximate surface area is 259 Å². The zero-order chi connectivity index (χ0) is 29.0. The summed E-state index contributed by atoms with van der Waals surface area (Å²) in [4.78, 5) is 2.39. The summed E-state index contributed by atoms with van der Waals surface area (Å²) in [5, 5.41) is 10.2. The van der Waals surface area contributed by atoms with Gasteiger partial charge < -0.3 is 4.90 Å². The Kier molecular flexibility index (Phi) is 5.75. The van der Waals surface area contributed by atoms with Crippen molar-refractivity contribution in [3.05, 3.63) is 164 Å². The summed E-state index contributed by atoms with van der Waals surface area (Å²) in [6.07, 6.45) is 0. The van der Waals surface area contributed by atoms with E-state index in [1.54, 1.807) is 0 Å². The minimum atomic E-state index is 1.13. The van der Waals surface area contributed by atoms with Crippen LogP contribution >= 0.6 is 11.3 Å². The van der Waals surface area contributed by atoms with E-state index in [0.29, 0.717) is 0 Å². The van der Waals surface area contributed by atoms with Crippen LogP contribution in [0, 0.1) is 0 Å². The highest BCUT2D eigenvalue weighted by atomic mass is 32.1. The summed E-state index contributed by atoms with van der Waals surface area (Å²) < 4.78 is 2.66. The van der Waals surface area contributed by atoms with Crippen molar-refractivity contribution in [3.8, 4) is 11.1 Å². The summed E-state index contributed by atoms with van der Waals surface area (Å²) in [5.41, 5.74) is 5.85. The van der Waals surface area contributed by atoms with E-state index in [0.717, 1.165) is 17.1 Å². The van der Waals surface area contributed by atoms with E-state index in [4.69, 9.17) is 0 Å². The lowest BCUT2D eigenvalue weighted by Crippen LogP contribution is -2.10. The molecule has 0 saturated carbocycles. The first kappa shape index (κ1) is 25.1. The maximum absolute atomic E-state index is 2.39. The standard InChI is InChI=1S/C42H27NS/c1-2-8-28(9-3-1)29-16-20-34(21-17-29)43(36-22-18-31-15-14-30-10-4-5-11-37(30)39(31)27-36)35-23-19-32-25-40-38-12-6-7-13-41(38)44-42(40)26-33(32)24-35/h1-27H. The fourth-order valence-electron chi connectivity index (χ4n) is 6.60. The third kappa shape index (κ3) is 4.15. The Morgan fingerprint density at radius 3 is 1.77 bits per heavy atom. The molecule has 1 aromatic heterocycles. The van der Waals surface area contributed by atoms with Gasteiger partial charge in [0.2, 0.25) is 0 Å². The number of hydrogen-bond acceptors (Lipinski definition) is 2. The molecular weight excluding hydrogens is 551 g/mol. The molecule has 0 spiro atoms. The zero-order valence-electron chi connectivity index (χ0n) is 23.9. The van der Waals surface area contributed by atoms with Crippen molar-refractivity contribution in [3.63, 3.8) is 0 Å². The molecular formula is C42H27NS. The van der Waals surface area contributed by atoms with E-state index in [-0.39, 0.29) is 0 Å². The fraction of sp³-hybridized carbons (Fsp3) is 0. The normalized spacial score (nSPS) is 11.6. The van der Waals surface area contributed by atoms with Gasteiger partial charge in [-0.05, 0) is 98.0 Å². The van der Waals surface area contributed by atoms with Crippen LogP contribution in [0.4, 0.5) is 17.1 Å². The van der Waals surface area contributed by atoms with Crippen LogP contribution in [0.2, 0.25) is 0 Å². The van der Waals surface area contributed by atoms with Gasteiger partial charge in [-0.1, -0.05) is 109 Å². The Bertz CT molecular complexity index is 2490. The molecule has 0 aliphatic carbocycles. The van der Waals surface area contributed by atoms with Crippen LogP contribution in [0.25, 0.3) is 63.6 Å². The molecule has 2 heteroatoms. The van der Waals surface area contributed by atoms with Gasteiger partial charge in [-0.15, -0.1) is 11.3 Å². The van der Waals surface area contributed by atoms with Crippen molar-refractivity contribution in [1.82, 2.24) is 0 Å². The van der Waals surface area contributed by atoms with Crippen molar-refractivity contribution >= 4 is 80.9 Å². The molecule has 9 aromatic rings. The SMILES string of the molecule is c1ccc(-c2ccc(N(c3ccc4cc5c(cc4c3)sc3ccccc35)c3ccc4ccc5ccccc5c4c3)cc2)cc1. The second-order valence-corrected chi connectivity index (χ2v) is 12.5. The molecule has 0 amide bonds. The van der Waals surface area contributed by atoms with Crippen LogP contribution in [0.5, 0.6) is 0 Å². The third-order valence-electron chi connectivity index (χ3n) is 8.80. The van der Waals surface area contributed by atoms with Crippen LogP contribution in [0.15, 0.2) is 164 Å². The zero-order valence-corrected chi connectivity index (χ0v) is 24.8. The molecule has 0 radical (unpaired) electrons. The molecule has 0 fully saturated rings. The van der Waals surface area contributed by atoms with E-state index in [9.17, 15) is 0 Å². The average Bonchev–Trinajstić information content (AvgIpc) is 3.45. The highest BCUT2D eigenvalue weighted by molar-refractivity contribution is 7.25. The second-order valence-electron chi connectivity index (χ2n) is 11.4. The molecule has 0 atom stereocenters. The number of fused-ring (bicyclic) bond motifs is 7. The van der Waals surface area contributed by atoms with E-state index in [2.05, 4.69) is 169 Å². The lowest BCUT2D eigenvalue weighted by atomic mass is 10.0. The van der Waals surface area contributed by atoms with Crippen LogP contribution < -0.4 is 4.90 Å². The van der Waals surface area contributed by atoms with E-state index < -0.39 is 0 Å². The Balaban J connectivity index is 1.24. The van der Waals surface area contributed by atoms with Gasteiger partial charge in [0.1, 0.15) is 0 Å². The van der Waals surface area contributed by atoms with E-state index >= 15 is 0 Å². The molecule has 0 aliphatic rings. The monoisotopic (exact) mass is 577 g/mol. The molecule has 0 saturated heterocycles. The number of anilines is 3. The van der Waals surface area contributed by atoms with Gasteiger partial charge in [0, 0.05) is 37.2 Å². The number of benzene rings is 8. The van der Waals surface area contributed by atoms with Crippen molar-refractivity contribution in [1.29, 1.82) is 0 Å². The first-order valence-corrected chi connectivity index (χ1v) is 15.8. The highest BCUT2D eigenvalue weighted by Crippen LogP contribution is 2.41. The van der Waals surface area contributed by atoms with Gasteiger partial charge >= 0.3 is 0 Å². The maximum atomic E-state index is 2.39. The summed E-state index contributed by atoms with van der Waals surface area (Å²) >= 11 is 1.87. The Morgan fingerprint density at radius 1 is 0.318 bits per heavy atom. The molecule has 0 aliphatic heterocycles. The fourth-order valence-corrected chi connectivity index (χ4v) is 7.74. The van der Waals surface area contributed by atoms with Gasteiger partial charge in [0.15, 0.2) is 0 Å². The number of nitrogens with zero attached hydrogens (tertiary/aromatic N) is 1. The van der Waals surface area contributed by atoms with Crippen molar-refractivity contribution in [2.75, 3.05) is 4.90 Å². The van der Waals surface area contributed by atoms with Crippen LogP contribution in [-0.4, -0.2) is 0 Å². The maximum Gasteiger partial charge on any atom is 0.0468 e. The molecule has 1 nitrogen and oxygen atoms in total. The van der Waals surface area contributed by atoms with Crippen LogP contribution in [0.3, 0.4) is 0 Å². The number of rotatable bonds is 4. The third-order valence-corrected chi connectivity index (χ3v) is 9.93. The molecule has 0 unspecified atom stereocenters. The lowest BCUT2D eigenvalue weighted by Gasteiger charge is -2.26. The van der Waals surface area contributed by atoms with Crippen molar-refractivity contribution in [2.45, 2.75) is 0 Å². The summed E-state index contributed by atoms with van der Waals surface area (Å²) in [7, 11) is 0. The Hall–Kier alpha value is -5.44. The molecule has 9 rings (SSSR count). The molecule has 44 heavy (non-hydrogen) atoms. The smallest absolute Gasteiger partial charge is 0.0468 e. The topological polar surface area (TPSA) is 3.24 Å². The minimum absolute atomic E-state index is 1.13. The van der Waals surface area contributed by atoms with Crippen molar-refractivity contribution in [2.24, 2.45) is 0 Å². The van der Waals surface area contributed by atoms with Gasteiger partial charge in [-0.3, -0.25) is 0 Å².